The van der Waals surface area contributed by atoms with Gasteiger partial charge in [-0.3, -0.25) is 28.9 Å². The van der Waals surface area contributed by atoms with Crippen molar-refractivity contribution in [1.82, 2.24) is 50.7 Å². The van der Waals surface area contributed by atoms with Gasteiger partial charge in [-0.25, -0.2) is 23.9 Å². The second-order valence-electron chi connectivity index (χ2n) is 19.1. The number of primary amides is 1. The molecule has 5 aromatic rings. The van der Waals surface area contributed by atoms with Crippen LogP contribution in [0.3, 0.4) is 0 Å². The van der Waals surface area contributed by atoms with Gasteiger partial charge in [-0.15, -0.1) is 0 Å². The molecule has 23 nitrogen and oxygen atoms in total. The molecule has 0 spiro atoms. The number of ether oxygens (including phenoxy) is 2. The Bertz CT molecular complexity index is 2970. The molecule has 4 atom stereocenters. The lowest BCUT2D eigenvalue weighted by Gasteiger charge is -2.25. The SMILES string of the molecule is CNc1cc(F)cc2c1[nH]c1nc(Oc3cnc(C)nc3)nc(N3C[C@H]4CCN(C(=O)OCc5ccc(NC(=O)[C@H](CCCNC(N)=O)NC(=O)C(NC(=O)CCCCCN6C(=O)C=CC6=O)C(C)C)cc5)[C@H]4C3)c12. The van der Waals surface area contributed by atoms with Crippen molar-refractivity contribution in [3.8, 4) is 11.8 Å². The Morgan fingerprint density at radius 2 is 1.68 bits per heavy atom. The maximum Gasteiger partial charge on any atom is 0.410 e. The van der Waals surface area contributed by atoms with Crippen molar-refractivity contribution < 1.29 is 47.4 Å². The molecule has 396 valence electrons. The van der Waals surface area contributed by atoms with Gasteiger partial charge in [0, 0.05) is 75.3 Å². The molecule has 3 aliphatic heterocycles. The minimum absolute atomic E-state index is 0.0367. The molecule has 2 fully saturated rings. The van der Waals surface area contributed by atoms with E-state index in [-0.39, 0.29) is 74.1 Å². The standard InChI is InChI=1S/C51H61FN14O9/c1-28(2)43(60-39(67)10-6-5-7-19-66-40(68)15-16-41(66)69)48(71)59-36(9-8-18-55-49(53)72)47(70)58-33-13-11-30(12-14-33)27-74-51(73)65-20-17-31-25-64(26-38(31)65)46-42-35-21-32(52)22-37(54-4)44(35)61-45(42)62-50(63-46)75-34-23-56-29(3)57-24-34/h11-16,21-24,28,31,36,38,43,54H,5-10,17-20,25-27H2,1-4H3,(H,58,70)(H,59,71)(H,60,67)(H3,53,55,72)(H,61,62,63)/t31-,36+,38+,43?/m1/s1. The number of nitrogens with zero attached hydrogens (tertiary/aromatic N) is 7. The first-order valence-corrected chi connectivity index (χ1v) is 25.0. The maximum atomic E-state index is 15.0. The summed E-state index contributed by atoms with van der Waals surface area (Å²) in [5, 5.41) is 15.1. The number of unbranched alkanes of at least 4 members (excludes halogenated alkanes) is 2. The van der Waals surface area contributed by atoms with Crippen LogP contribution < -0.4 is 42.0 Å². The van der Waals surface area contributed by atoms with Crippen LogP contribution >= 0.6 is 0 Å². The quantitative estimate of drug-likeness (QED) is 0.0370. The van der Waals surface area contributed by atoms with E-state index in [1.165, 1.54) is 36.7 Å². The normalized spacial score (nSPS) is 16.9. The van der Waals surface area contributed by atoms with Gasteiger partial charge in [-0.1, -0.05) is 32.4 Å². The summed E-state index contributed by atoms with van der Waals surface area (Å²) in [6, 6.07) is 6.61. The molecule has 6 heterocycles. The first-order valence-electron chi connectivity index (χ1n) is 25.0. The molecule has 3 aliphatic rings. The number of amides is 8. The molecule has 0 saturated carbocycles. The number of nitrogens with one attached hydrogen (secondary N) is 6. The van der Waals surface area contributed by atoms with Crippen LogP contribution in [-0.2, 0) is 35.3 Å². The third kappa shape index (κ3) is 12.9. The van der Waals surface area contributed by atoms with Crippen LogP contribution in [0.25, 0.3) is 21.9 Å². The number of hydrogen-bond acceptors (Lipinski definition) is 15. The van der Waals surface area contributed by atoms with Crippen LogP contribution in [0.1, 0.15) is 70.2 Å². The van der Waals surface area contributed by atoms with Gasteiger partial charge in [0.05, 0.1) is 35.0 Å². The molecule has 0 bridgehead atoms. The van der Waals surface area contributed by atoms with Crippen molar-refractivity contribution in [1.29, 1.82) is 0 Å². The Balaban J connectivity index is 0.864. The molecule has 0 aliphatic carbocycles. The van der Waals surface area contributed by atoms with Gasteiger partial charge < -0.3 is 56.6 Å². The average Bonchev–Trinajstić information content (AvgIpc) is 4.18. The first-order chi connectivity index (χ1) is 36.0. The number of imide groups is 1. The second kappa shape index (κ2) is 23.6. The largest absolute Gasteiger partial charge is 0.445 e. The lowest BCUT2D eigenvalue weighted by Crippen LogP contribution is -2.54. The van der Waals surface area contributed by atoms with E-state index in [4.69, 9.17) is 20.2 Å². The molecule has 8 N–H and O–H groups in total. The number of carbonyl (C=O) groups is 7. The number of aromatic nitrogens is 5. The minimum Gasteiger partial charge on any atom is -0.445 e. The molecule has 24 heteroatoms. The summed E-state index contributed by atoms with van der Waals surface area (Å²) < 4.78 is 26.9. The fraction of sp³-hybridized carbons (Fsp3) is 0.431. The van der Waals surface area contributed by atoms with Crippen molar-refractivity contribution >= 4 is 80.8 Å². The summed E-state index contributed by atoms with van der Waals surface area (Å²) in [4.78, 5) is 115. The summed E-state index contributed by atoms with van der Waals surface area (Å²) in [6.45, 7) is 7.10. The molecule has 8 rings (SSSR count). The Labute approximate surface area is 430 Å². The molecule has 2 aromatic carbocycles. The predicted molar refractivity (Wildman–Crippen MR) is 274 cm³/mol. The third-order valence-electron chi connectivity index (χ3n) is 13.4. The zero-order valence-electron chi connectivity index (χ0n) is 42.1. The highest BCUT2D eigenvalue weighted by Crippen LogP contribution is 2.41. The van der Waals surface area contributed by atoms with Crippen LogP contribution in [0, 0.1) is 24.6 Å². The number of carbonyl (C=O) groups excluding carboxylic acids is 7. The van der Waals surface area contributed by atoms with Gasteiger partial charge in [-0.05, 0) is 74.8 Å². The van der Waals surface area contributed by atoms with Gasteiger partial charge >= 0.3 is 18.1 Å². The zero-order chi connectivity index (χ0) is 53.3. The Kier molecular flexibility index (Phi) is 16.6. The minimum atomic E-state index is -1.06. The number of hydrogen-bond donors (Lipinski definition) is 7. The lowest BCUT2D eigenvalue weighted by atomic mass is 10.0. The molecular formula is C51H61FN14O9. The number of likely N-dealkylation sites (tertiary alicyclic amines) is 1. The molecule has 75 heavy (non-hydrogen) atoms. The van der Waals surface area contributed by atoms with Gasteiger partial charge in [-0.2, -0.15) is 9.97 Å². The van der Waals surface area contributed by atoms with Gasteiger partial charge in [0.25, 0.3) is 11.8 Å². The summed E-state index contributed by atoms with van der Waals surface area (Å²) in [5.74, 6) is -1.46. The molecule has 1 unspecified atom stereocenters. The molecular weight excluding hydrogens is 972 g/mol. The Morgan fingerprint density at radius 1 is 0.933 bits per heavy atom. The summed E-state index contributed by atoms with van der Waals surface area (Å²) in [7, 11) is 1.71. The Hall–Kier alpha value is -8.44. The van der Waals surface area contributed by atoms with Crippen molar-refractivity contribution in [2.45, 2.75) is 90.4 Å². The highest BCUT2D eigenvalue weighted by molar-refractivity contribution is 6.15. The number of aromatic amines is 1. The van der Waals surface area contributed by atoms with E-state index in [1.807, 2.05) is 0 Å². The van der Waals surface area contributed by atoms with Crippen LogP contribution in [0.2, 0.25) is 0 Å². The van der Waals surface area contributed by atoms with Crippen molar-refractivity contribution in [3.05, 3.63) is 78.1 Å². The Morgan fingerprint density at radius 3 is 2.39 bits per heavy atom. The van der Waals surface area contributed by atoms with Gasteiger partial charge in [0.2, 0.25) is 17.7 Å². The van der Waals surface area contributed by atoms with Crippen molar-refractivity contribution in [2.75, 3.05) is 55.3 Å². The highest BCUT2D eigenvalue weighted by atomic mass is 19.1. The van der Waals surface area contributed by atoms with E-state index in [0.29, 0.717) is 102 Å². The molecule has 2 saturated heterocycles. The number of H-pyrrole nitrogens is 1. The molecule has 8 amide bonds. The van der Waals surface area contributed by atoms with Crippen molar-refractivity contribution in [2.24, 2.45) is 17.6 Å². The number of halogens is 1. The van der Waals surface area contributed by atoms with E-state index in [9.17, 15) is 33.6 Å². The second-order valence-corrected chi connectivity index (χ2v) is 19.1. The van der Waals surface area contributed by atoms with E-state index in [1.54, 1.807) is 57.0 Å². The average molecular weight is 1030 g/mol. The van der Waals surface area contributed by atoms with Crippen LogP contribution in [0.4, 0.5) is 31.2 Å². The summed E-state index contributed by atoms with van der Waals surface area (Å²) >= 11 is 0. The van der Waals surface area contributed by atoms with Crippen molar-refractivity contribution in [3.63, 3.8) is 0 Å². The van der Waals surface area contributed by atoms with Crippen LogP contribution in [0.15, 0.2) is 60.9 Å². The van der Waals surface area contributed by atoms with E-state index in [0.717, 1.165) is 11.3 Å². The number of anilines is 3. The number of aryl methyl sites for hydroxylation is 1. The van der Waals surface area contributed by atoms with Crippen LogP contribution in [-0.4, -0.2) is 134 Å². The van der Waals surface area contributed by atoms with E-state index >= 15 is 4.39 Å². The summed E-state index contributed by atoms with van der Waals surface area (Å²) in [5.41, 5.74) is 7.91. The smallest absolute Gasteiger partial charge is 0.410 e. The number of benzene rings is 2. The highest BCUT2D eigenvalue weighted by Gasteiger charge is 2.45. The number of urea groups is 1. The topological polar surface area (TPSA) is 301 Å². The molecule has 3 aromatic heterocycles. The first kappa shape index (κ1) is 52.9. The van der Waals surface area contributed by atoms with E-state index in [2.05, 4.69) is 51.4 Å². The number of rotatable bonds is 22. The summed E-state index contributed by atoms with van der Waals surface area (Å²) in [6.07, 6.45) is 7.83. The number of fused-ring (bicyclic) bond motifs is 4. The molecule has 0 radical (unpaired) electrons. The third-order valence-corrected chi connectivity index (χ3v) is 13.4. The monoisotopic (exact) mass is 1030 g/mol. The predicted octanol–water partition coefficient (Wildman–Crippen LogP) is 4.53. The maximum absolute atomic E-state index is 15.0. The fourth-order valence-electron chi connectivity index (χ4n) is 9.55. The van der Waals surface area contributed by atoms with E-state index < -0.39 is 41.8 Å². The zero-order valence-corrected chi connectivity index (χ0v) is 42.1. The van der Waals surface area contributed by atoms with Gasteiger partial charge in [0.15, 0.2) is 5.75 Å². The fourth-order valence-corrected chi connectivity index (χ4v) is 9.55. The van der Waals surface area contributed by atoms with Gasteiger partial charge in [0.1, 0.15) is 41.8 Å². The lowest BCUT2D eigenvalue weighted by molar-refractivity contribution is -0.137. The van der Waals surface area contributed by atoms with Crippen LogP contribution in [0.5, 0.6) is 11.8 Å². The number of nitrogens with two attached hydrogens (primary N) is 1.